The Morgan fingerprint density at radius 2 is 1.44 bits per heavy atom. The van der Waals surface area contributed by atoms with Crippen LogP contribution >= 0.6 is 0 Å². The van der Waals surface area contributed by atoms with Gasteiger partial charge in [-0.3, -0.25) is 10.1 Å². The highest BCUT2D eigenvalue weighted by Gasteiger charge is 2.23. The summed E-state index contributed by atoms with van der Waals surface area (Å²) in [5, 5.41) is 20.0. The van der Waals surface area contributed by atoms with Crippen LogP contribution in [0.1, 0.15) is 78.1 Å². The van der Waals surface area contributed by atoms with Crippen LogP contribution in [-0.4, -0.2) is 22.2 Å². The Hall–Kier alpha value is -0.640. The van der Waals surface area contributed by atoms with Crippen molar-refractivity contribution in [2.45, 2.75) is 90.2 Å². The molecule has 0 fully saturated rings. The van der Waals surface area contributed by atoms with E-state index in [0.29, 0.717) is 6.42 Å². The summed E-state index contributed by atoms with van der Waals surface area (Å²) in [5.74, 6) is 0. The van der Waals surface area contributed by atoms with Crippen LogP contribution in [0.3, 0.4) is 0 Å². The molecular weight excluding hydrogens is 230 g/mol. The second kappa shape index (κ2) is 11.5. The van der Waals surface area contributed by atoms with Gasteiger partial charge in [-0.1, -0.05) is 64.7 Å². The Bertz CT molecular complexity index is 209. The summed E-state index contributed by atoms with van der Waals surface area (Å²) in [4.78, 5) is 10.0. The molecule has 0 heterocycles. The minimum atomic E-state index is -0.834. The molecule has 0 amide bonds. The van der Waals surface area contributed by atoms with Gasteiger partial charge in [0.15, 0.2) is 0 Å². The molecule has 18 heavy (non-hydrogen) atoms. The minimum Gasteiger partial charge on any atom is -0.386 e. The first kappa shape index (κ1) is 17.4. The molecule has 2 atom stereocenters. The maximum atomic E-state index is 10.4. The van der Waals surface area contributed by atoms with Gasteiger partial charge in [-0.05, 0) is 6.42 Å². The van der Waals surface area contributed by atoms with E-state index in [1.807, 2.05) is 0 Å². The predicted octanol–water partition coefficient (Wildman–Crippen LogP) is 3.93. The summed E-state index contributed by atoms with van der Waals surface area (Å²) < 4.78 is 0. The summed E-state index contributed by atoms with van der Waals surface area (Å²) in [6, 6.07) is -0.834. The van der Waals surface area contributed by atoms with E-state index in [9.17, 15) is 15.2 Å². The lowest BCUT2D eigenvalue weighted by molar-refractivity contribution is -0.530. The Balaban J connectivity index is 3.27. The van der Waals surface area contributed by atoms with Crippen LogP contribution in [-0.2, 0) is 0 Å². The molecule has 0 saturated carbocycles. The fourth-order valence-corrected chi connectivity index (χ4v) is 2.05. The fraction of sp³-hybridized carbons (Fsp3) is 1.00. The summed E-state index contributed by atoms with van der Waals surface area (Å²) in [6.45, 7) is 3.69. The van der Waals surface area contributed by atoms with E-state index >= 15 is 0 Å². The van der Waals surface area contributed by atoms with Gasteiger partial charge >= 0.3 is 0 Å². The number of rotatable bonds is 12. The maximum Gasteiger partial charge on any atom is 0.235 e. The molecule has 0 spiro atoms. The molecule has 4 heteroatoms. The molecule has 0 rings (SSSR count). The molecule has 0 aliphatic heterocycles. The molecule has 108 valence electrons. The molecule has 0 radical (unpaired) electrons. The van der Waals surface area contributed by atoms with Crippen LogP contribution in [0.15, 0.2) is 0 Å². The Morgan fingerprint density at radius 3 is 1.89 bits per heavy atom. The monoisotopic (exact) mass is 259 g/mol. The Labute approximate surface area is 111 Å². The number of unbranched alkanes of at least 4 members (excludes halogenated alkanes) is 8. The highest BCUT2D eigenvalue weighted by atomic mass is 16.6. The van der Waals surface area contributed by atoms with Crippen LogP contribution in [0.2, 0.25) is 0 Å². The Kier molecular flexibility index (Phi) is 11.0. The molecular formula is C14H29NO3. The van der Waals surface area contributed by atoms with Crippen LogP contribution < -0.4 is 0 Å². The van der Waals surface area contributed by atoms with Crippen LogP contribution in [0, 0.1) is 10.1 Å². The highest BCUT2D eigenvalue weighted by Crippen LogP contribution is 2.12. The van der Waals surface area contributed by atoms with Crippen molar-refractivity contribution in [3.05, 3.63) is 10.1 Å². The number of nitro groups is 1. The zero-order valence-electron chi connectivity index (χ0n) is 11.9. The van der Waals surface area contributed by atoms with E-state index in [1.165, 1.54) is 51.9 Å². The number of aliphatic hydroxyl groups excluding tert-OH is 1. The van der Waals surface area contributed by atoms with Crippen LogP contribution in [0.25, 0.3) is 0 Å². The fourth-order valence-electron chi connectivity index (χ4n) is 2.05. The van der Waals surface area contributed by atoms with Crippen molar-refractivity contribution in [2.75, 3.05) is 0 Å². The van der Waals surface area contributed by atoms with Gasteiger partial charge in [-0.25, -0.2) is 0 Å². The quantitative estimate of drug-likeness (QED) is 0.328. The minimum absolute atomic E-state index is 0.404. The third kappa shape index (κ3) is 9.40. The molecule has 0 aromatic heterocycles. The summed E-state index contributed by atoms with van der Waals surface area (Å²) >= 11 is 0. The zero-order chi connectivity index (χ0) is 13.8. The third-order valence-electron chi connectivity index (χ3n) is 3.49. The summed E-state index contributed by atoms with van der Waals surface area (Å²) in [5.41, 5.74) is 0. The molecule has 1 N–H and O–H groups in total. The molecule has 4 nitrogen and oxygen atoms in total. The zero-order valence-corrected chi connectivity index (χ0v) is 11.9. The number of nitrogens with zero attached hydrogens (tertiary/aromatic N) is 1. The molecule has 0 aliphatic carbocycles. The van der Waals surface area contributed by atoms with E-state index in [4.69, 9.17) is 0 Å². The van der Waals surface area contributed by atoms with Gasteiger partial charge in [0.1, 0.15) is 6.10 Å². The second-order valence-corrected chi connectivity index (χ2v) is 5.21. The van der Waals surface area contributed by atoms with Crippen molar-refractivity contribution in [3.8, 4) is 0 Å². The van der Waals surface area contributed by atoms with Gasteiger partial charge in [0.05, 0.1) is 0 Å². The average Bonchev–Trinajstić information content (AvgIpc) is 2.35. The maximum absolute atomic E-state index is 10.4. The van der Waals surface area contributed by atoms with Gasteiger partial charge in [-0.2, -0.15) is 0 Å². The summed E-state index contributed by atoms with van der Waals surface area (Å²) in [7, 11) is 0. The molecule has 0 aromatic rings. The van der Waals surface area contributed by atoms with Crippen LogP contribution in [0.5, 0.6) is 0 Å². The van der Waals surface area contributed by atoms with Crippen molar-refractivity contribution in [1.82, 2.24) is 0 Å². The van der Waals surface area contributed by atoms with Gasteiger partial charge in [-0.15, -0.1) is 0 Å². The molecule has 0 saturated heterocycles. The molecule has 2 unspecified atom stereocenters. The number of aliphatic hydroxyl groups is 1. The first-order chi connectivity index (χ1) is 8.59. The molecule has 0 bridgehead atoms. The third-order valence-corrected chi connectivity index (χ3v) is 3.49. The SMILES string of the molecule is CCCCCCCCCCCC(O)C(C)[N+](=O)[O-]. The highest BCUT2D eigenvalue weighted by molar-refractivity contribution is 4.63. The lowest BCUT2D eigenvalue weighted by Crippen LogP contribution is -2.30. The number of hydrogen-bond acceptors (Lipinski definition) is 3. The largest absolute Gasteiger partial charge is 0.386 e. The topological polar surface area (TPSA) is 63.4 Å². The first-order valence-corrected chi connectivity index (χ1v) is 7.41. The number of hydrogen-bond donors (Lipinski definition) is 1. The lowest BCUT2D eigenvalue weighted by atomic mass is 10.0. The standard InChI is InChI=1S/C14H29NO3/c1-3-4-5-6-7-8-9-10-11-12-14(16)13(2)15(17)18/h13-14,16H,3-12H2,1-2H3. The van der Waals surface area contributed by atoms with E-state index < -0.39 is 17.1 Å². The normalized spacial score (nSPS) is 14.4. The van der Waals surface area contributed by atoms with Crippen molar-refractivity contribution >= 4 is 0 Å². The van der Waals surface area contributed by atoms with Gasteiger partial charge < -0.3 is 5.11 Å². The van der Waals surface area contributed by atoms with Crippen molar-refractivity contribution in [1.29, 1.82) is 0 Å². The van der Waals surface area contributed by atoms with E-state index in [1.54, 1.807) is 0 Å². The predicted molar refractivity (Wildman–Crippen MR) is 74.3 cm³/mol. The van der Waals surface area contributed by atoms with Crippen molar-refractivity contribution < 1.29 is 10.0 Å². The van der Waals surface area contributed by atoms with Crippen molar-refractivity contribution in [2.24, 2.45) is 0 Å². The van der Waals surface area contributed by atoms with Crippen molar-refractivity contribution in [3.63, 3.8) is 0 Å². The van der Waals surface area contributed by atoms with Gasteiger partial charge in [0.2, 0.25) is 6.04 Å². The van der Waals surface area contributed by atoms with E-state index in [-0.39, 0.29) is 0 Å². The summed E-state index contributed by atoms with van der Waals surface area (Å²) in [6.07, 6.45) is 10.8. The smallest absolute Gasteiger partial charge is 0.235 e. The average molecular weight is 259 g/mol. The van der Waals surface area contributed by atoms with Gasteiger partial charge in [0.25, 0.3) is 0 Å². The molecule has 0 aliphatic rings. The second-order valence-electron chi connectivity index (χ2n) is 5.21. The van der Waals surface area contributed by atoms with Crippen LogP contribution in [0.4, 0.5) is 0 Å². The molecule has 0 aromatic carbocycles. The Morgan fingerprint density at radius 1 is 1.00 bits per heavy atom. The first-order valence-electron chi connectivity index (χ1n) is 7.41. The van der Waals surface area contributed by atoms with Gasteiger partial charge in [0, 0.05) is 11.8 Å². The van der Waals surface area contributed by atoms with E-state index in [2.05, 4.69) is 6.92 Å². The lowest BCUT2D eigenvalue weighted by Gasteiger charge is -2.11. The van der Waals surface area contributed by atoms with E-state index in [0.717, 1.165) is 12.8 Å².